The summed E-state index contributed by atoms with van der Waals surface area (Å²) in [5.74, 6) is 0.164. The molecular weight excluding hydrogens is 90.1 g/mol. The van der Waals surface area contributed by atoms with E-state index in [1.54, 1.807) is 6.08 Å². The molecule has 38 valence electrons. The second-order valence-electron chi connectivity index (χ2n) is 1.67. The molecule has 0 aliphatic carbocycles. The Kier molecular flexibility index (Phi) is 0.855. The maximum Gasteiger partial charge on any atom is 0.206 e. The highest BCUT2D eigenvalue weighted by molar-refractivity contribution is 5.88. The van der Waals surface area contributed by atoms with Gasteiger partial charge in [0.2, 0.25) is 5.90 Å². The molecule has 1 aliphatic rings. The molecule has 0 radical (unpaired) electrons. The van der Waals surface area contributed by atoms with Crippen LogP contribution in [-0.2, 0) is 0 Å². The number of rotatable bonds is 0. The van der Waals surface area contributed by atoms with E-state index in [4.69, 9.17) is 5.11 Å². The molecule has 0 atom stereocenters. The van der Waals surface area contributed by atoms with Crippen molar-refractivity contribution < 1.29 is 5.11 Å². The van der Waals surface area contributed by atoms with Crippen LogP contribution in [0.2, 0.25) is 0 Å². The Morgan fingerprint density at radius 3 is 2.71 bits per heavy atom. The van der Waals surface area contributed by atoms with Gasteiger partial charge in [-0.2, -0.15) is 0 Å². The maximum absolute atomic E-state index is 8.57. The van der Waals surface area contributed by atoms with Crippen LogP contribution in [0.4, 0.5) is 0 Å². The summed E-state index contributed by atoms with van der Waals surface area (Å²) in [7, 11) is 0. The second kappa shape index (κ2) is 1.37. The van der Waals surface area contributed by atoms with Crippen molar-refractivity contribution in [3.63, 3.8) is 0 Å². The van der Waals surface area contributed by atoms with Crippen molar-refractivity contribution in [3.05, 3.63) is 11.6 Å². The predicted molar refractivity (Wildman–Crippen MR) is 28.7 cm³/mol. The molecule has 2 nitrogen and oxygen atoms in total. The summed E-state index contributed by atoms with van der Waals surface area (Å²) in [6.07, 6.45) is 1.67. The molecule has 0 aromatic carbocycles. The fourth-order valence-corrected chi connectivity index (χ4v) is 0.517. The monoisotopic (exact) mass is 97.1 g/mol. The summed E-state index contributed by atoms with van der Waals surface area (Å²) in [4.78, 5) is 3.70. The normalized spacial score (nSPS) is 19.0. The first-order chi connectivity index (χ1) is 3.29. The van der Waals surface area contributed by atoms with Crippen LogP contribution in [0.5, 0.6) is 0 Å². The third-order valence-corrected chi connectivity index (χ3v) is 0.866. The molecule has 0 bridgehead atoms. The summed E-state index contributed by atoms with van der Waals surface area (Å²) < 4.78 is 0. The molecule has 1 rings (SSSR count). The number of aliphatic hydroxyl groups is 1. The molecule has 2 heteroatoms. The number of nitrogens with zero attached hydrogens (tertiary/aromatic N) is 1. The van der Waals surface area contributed by atoms with Gasteiger partial charge in [0.05, 0.1) is 6.54 Å². The summed E-state index contributed by atoms with van der Waals surface area (Å²) in [6.45, 7) is 2.61. The van der Waals surface area contributed by atoms with E-state index >= 15 is 0 Å². The molecule has 1 aliphatic heterocycles. The Morgan fingerprint density at radius 1 is 1.86 bits per heavy atom. The Morgan fingerprint density at radius 2 is 2.57 bits per heavy atom. The van der Waals surface area contributed by atoms with Gasteiger partial charge in [-0.3, -0.25) is 0 Å². The lowest BCUT2D eigenvalue weighted by Crippen LogP contribution is -1.81. The van der Waals surface area contributed by atoms with Crippen molar-refractivity contribution in [2.45, 2.75) is 6.92 Å². The lowest BCUT2D eigenvalue weighted by atomic mass is 10.3. The van der Waals surface area contributed by atoms with Crippen molar-refractivity contribution in [1.82, 2.24) is 0 Å². The van der Waals surface area contributed by atoms with Crippen LogP contribution in [0.3, 0.4) is 0 Å². The number of hydrogen-bond acceptors (Lipinski definition) is 1. The van der Waals surface area contributed by atoms with Gasteiger partial charge in [-0.1, -0.05) is 0 Å². The summed E-state index contributed by atoms with van der Waals surface area (Å²) in [5.41, 5.74) is 1.12. The average molecular weight is 97.1 g/mol. The van der Waals surface area contributed by atoms with Gasteiger partial charge in [-0.05, 0) is 12.5 Å². The van der Waals surface area contributed by atoms with E-state index in [0.717, 1.165) is 5.57 Å². The van der Waals surface area contributed by atoms with Gasteiger partial charge < -0.3 is 5.11 Å². The van der Waals surface area contributed by atoms with Crippen molar-refractivity contribution in [3.8, 4) is 0 Å². The van der Waals surface area contributed by atoms with E-state index in [1.165, 1.54) is 0 Å². The molecule has 0 fully saturated rings. The molecule has 1 heterocycles. The average Bonchev–Trinajstić information content (AvgIpc) is 1.87. The first-order valence-corrected chi connectivity index (χ1v) is 2.19. The number of hydrogen-bond donors (Lipinski definition) is 1. The van der Waals surface area contributed by atoms with E-state index in [-0.39, 0.29) is 5.90 Å². The minimum atomic E-state index is 0.164. The fraction of sp³-hybridized carbons (Fsp3) is 0.400. The van der Waals surface area contributed by atoms with E-state index in [1.807, 2.05) is 6.92 Å². The molecule has 0 aromatic heterocycles. The Hall–Kier alpha value is -0.790. The standard InChI is InChI=1S/C5H7NO/c1-4-2-5(7)6-3-4/h2H,3H2,1H3,(H,6,7). The zero-order chi connectivity index (χ0) is 5.28. The van der Waals surface area contributed by atoms with Gasteiger partial charge in [0, 0.05) is 6.08 Å². The van der Waals surface area contributed by atoms with Crippen molar-refractivity contribution in [1.29, 1.82) is 0 Å². The molecule has 0 spiro atoms. The molecule has 1 N–H and O–H groups in total. The highest BCUT2D eigenvalue weighted by atomic mass is 16.3. The third kappa shape index (κ3) is 0.796. The van der Waals surface area contributed by atoms with Gasteiger partial charge in [0.1, 0.15) is 0 Å². The molecule has 0 unspecified atom stereocenters. The van der Waals surface area contributed by atoms with E-state index in [0.29, 0.717) is 6.54 Å². The van der Waals surface area contributed by atoms with Gasteiger partial charge in [0.15, 0.2) is 0 Å². The Balaban J connectivity index is 2.69. The lowest BCUT2D eigenvalue weighted by Gasteiger charge is -1.76. The van der Waals surface area contributed by atoms with Crippen LogP contribution in [0.15, 0.2) is 16.6 Å². The maximum atomic E-state index is 8.57. The van der Waals surface area contributed by atoms with Gasteiger partial charge in [0.25, 0.3) is 0 Å². The third-order valence-electron chi connectivity index (χ3n) is 0.866. The quantitative estimate of drug-likeness (QED) is 0.478. The van der Waals surface area contributed by atoms with E-state index in [9.17, 15) is 0 Å². The van der Waals surface area contributed by atoms with Crippen molar-refractivity contribution in [2.75, 3.05) is 6.54 Å². The van der Waals surface area contributed by atoms with Crippen LogP contribution in [-0.4, -0.2) is 17.5 Å². The smallest absolute Gasteiger partial charge is 0.206 e. The molecule has 0 amide bonds. The minimum absolute atomic E-state index is 0.164. The van der Waals surface area contributed by atoms with Crippen LogP contribution in [0, 0.1) is 0 Å². The molecule has 0 saturated heterocycles. The Bertz CT molecular complexity index is 135. The number of aliphatic hydroxyl groups excluding tert-OH is 1. The van der Waals surface area contributed by atoms with Crippen molar-refractivity contribution >= 4 is 5.90 Å². The molecular formula is C5H7NO. The Labute approximate surface area is 42.2 Å². The van der Waals surface area contributed by atoms with Crippen LogP contribution in [0.1, 0.15) is 6.92 Å². The fourth-order valence-electron chi connectivity index (χ4n) is 0.517. The van der Waals surface area contributed by atoms with Gasteiger partial charge in [-0.25, -0.2) is 4.99 Å². The lowest BCUT2D eigenvalue weighted by molar-refractivity contribution is 0.558. The predicted octanol–water partition coefficient (Wildman–Crippen LogP) is 0.903. The summed E-state index contributed by atoms with van der Waals surface area (Å²) >= 11 is 0. The molecule has 7 heavy (non-hydrogen) atoms. The first-order valence-electron chi connectivity index (χ1n) is 2.19. The van der Waals surface area contributed by atoms with E-state index in [2.05, 4.69) is 4.99 Å². The summed E-state index contributed by atoms with van der Waals surface area (Å²) in [6, 6.07) is 0. The van der Waals surface area contributed by atoms with Crippen LogP contribution >= 0.6 is 0 Å². The van der Waals surface area contributed by atoms with Crippen molar-refractivity contribution in [2.24, 2.45) is 4.99 Å². The highest BCUT2D eigenvalue weighted by Gasteiger charge is 1.98. The van der Waals surface area contributed by atoms with Gasteiger partial charge >= 0.3 is 0 Å². The zero-order valence-electron chi connectivity index (χ0n) is 4.18. The topological polar surface area (TPSA) is 32.6 Å². The zero-order valence-corrected chi connectivity index (χ0v) is 4.18. The minimum Gasteiger partial charge on any atom is -0.494 e. The molecule has 0 saturated carbocycles. The SMILES string of the molecule is CC1=CC(O)=NC1. The largest absolute Gasteiger partial charge is 0.494 e. The van der Waals surface area contributed by atoms with Gasteiger partial charge in [-0.15, -0.1) is 0 Å². The highest BCUT2D eigenvalue weighted by Crippen LogP contribution is 2.00. The second-order valence-corrected chi connectivity index (χ2v) is 1.67. The van der Waals surface area contributed by atoms with Crippen LogP contribution in [0.25, 0.3) is 0 Å². The first kappa shape index (κ1) is 4.37. The summed E-state index contributed by atoms with van der Waals surface area (Å²) in [5, 5.41) is 8.57. The van der Waals surface area contributed by atoms with E-state index < -0.39 is 0 Å². The molecule has 0 aromatic rings. The van der Waals surface area contributed by atoms with Crippen LogP contribution < -0.4 is 0 Å². The number of aliphatic imine (C=N–C) groups is 1.